The summed E-state index contributed by atoms with van der Waals surface area (Å²) in [6, 6.07) is 12.3. The zero-order valence-corrected chi connectivity index (χ0v) is 14.9. The highest BCUT2D eigenvalue weighted by atomic mass is 32.2. The molecule has 2 heterocycles. The molecule has 1 saturated heterocycles. The fourth-order valence-corrected chi connectivity index (χ4v) is 3.55. The van der Waals surface area contributed by atoms with E-state index in [0.717, 1.165) is 48.6 Å². The Morgan fingerprint density at radius 1 is 1.04 bits per heavy atom. The standard InChI is InChI=1S/C19H23N3OS/c1-2-15-6-8-16(9-7-15)17-10-11-18(21-20-17)24-14-19(23)22-12-4-3-5-13-22/h6-11H,2-5,12-14H2,1H3. The van der Waals surface area contributed by atoms with Crippen LogP contribution in [0.25, 0.3) is 11.3 Å². The van der Waals surface area contributed by atoms with Gasteiger partial charge in [0.15, 0.2) is 0 Å². The number of amides is 1. The number of benzene rings is 1. The Bertz CT molecular complexity index is 664. The number of carbonyl (C=O) groups excluding carboxylic acids is 1. The predicted octanol–water partition coefficient (Wildman–Crippen LogP) is 3.81. The number of aryl methyl sites for hydroxylation is 1. The van der Waals surface area contributed by atoms with Crippen LogP contribution >= 0.6 is 11.8 Å². The Morgan fingerprint density at radius 2 is 1.79 bits per heavy atom. The van der Waals surface area contributed by atoms with Crippen molar-refractivity contribution in [3.63, 3.8) is 0 Å². The Balaban J connectivity index is 1.56. The van der Waals surface area contributed by atoms with Gasteiger partial charge in [-0.1, -0.05) is 43.0 Å². The van der Waals surface area contributed by atoms with E-state index in [4.69, 9.17) is 0 Å². The summed E-state index contributed by atoms with van der Waals surface area (Å²) in [6.07, 6.45) is 4.53. The second-order valence-corrected chi connectivity index (χ2v) is 7.03. The lowest BCUT2D eigenvalue weighted by atomic mass is 10.1. The van der Waals surface area contributed by atoms with Gasteiger partial charge >= 0.3 is 0 Å². The third-order valence-electron chi connectivity index (χ3n) is 4.35. The topological polar surface area (TPSA) is 46.1 Å². The Hall–Kier alpha value is -1.88. The molecule has 1 aliphatic rings. The summed E-state index contributed by atoms with van der Waals surface area (Å²) < 4.78 is 0. The van der Waals surface area contributed by atoms with Gasteiger partial charge in [0, 0.05) is 18.7 Å². The lowest BCUT2D eigenvalue weighted by Gasteiger charge is -2.26. The molecule has 0 bridgehead atoms. The largest absolute Gasteiger partial charge is 0.342 e. The van der Waals surface area contributed by atoms with Crippen molar-refractivity contribution in [1.29, 1.82) is 0 Å². The highest BCUT2D eigenvalue weighted by Crippen LogP contribution is 2.21. The van der Waals surface area contributed by atoms with E-state index in [2.05, 4.69) is 41.4 Å². The summed E-state index contributed by atoms with van der Waals surface area (Å²) in [5, 5.41) is 9.36. The van der Waals surface area contributed by atoms with Gasteiger partial charge in [-0.15, -0.1) is 10.2 Å². The van der Waals surface area contributed by atoms with Gasteiger partial charge in [0.25, 0.3) is 0 Å². The van der Waals surface area contributed by atoms with Crippen molar-refractivity contribution in [2.75, 3.05) is 18.8 Å². The minimum atomic E-state index is 0.209. The van der Waals surface area contributed by atoms with E-state index in [1.54, 1.807) is 0 Å². The van der Waals surface area contributed by atoms with Gasteiger partial charge in [-0.05, 0) is 43.4 Å². The number of hydrogen-bond acceptors (Lipinski definition) is 4. The third-order valence-corrected chi connectivity index (χ3v) is 5.26. The molecule has 1 aliphatic heterocycles. The van der Waals surface area contributed by atoms with Crippen molar-refractivity contribution in [2.45, 2.75) is 37.6 Å². The quantitative estimate of drug-likeness (QED) is 0.776. The van der Waals surface area contributed by atoms with E-state index < -0.39 is 0 Å². The zero-order chi connectivity index (χ0) is 16.8. The second kappa shape index (κ2) is 8.29. The summed E-state index contributed by atoms with van der Waals surface area (Å²) in [5.74, 6) is 0.653. The molecule has 0 atom stereocenters. The first-order valence-electron chi connectivity index (χ1n) is 8.60. The van der Waals surface area contributed by atoms with Gasteiger partial charge in [0.1, 0.15) is 5.03 Å². The number of aromatic nitrogens is 2. The molecule has 0 spiro atoms. The number of hydrogen-bond donors (Lipinski definition) is 0. The average molecular weight is 341 g/mol. The normalized spacial score (nSPS) is 14.6. The van der Waals surface area contributed by atoms with Gasteiger partial charge in [0.2, 0.25) is 5.91 Å². The SMILES string of the molecule is CCc1ccc(-c2ccc(SCC(=O)N3CCCCC3)nn2)cc1. The molecule has 0 saturated carbocycles. The van der Waals surface area contributed by atoms with Crippen molar-refractivity contribution < 1.29 is 4.79 Å². The van der Waals surface area contributed by atoms with E-state index in [-0.39, 0.29) is 5.91 Å². The first-order valence-corrected chi connectivity index (χ1v) is 9.58. The summed E-state index contributed by atoms with van der Waals surface area (Å²) >= 11 is 1.47. The lowest BCUT2D eigenvalue weighted by molar-refractivity contribution is -0.129. The number of rotatable bonds is 5. The summed E-state index contributed by atoms with van der Waals surface area (Å²) in [4.78, 5) is 14.1. The molecule has 1 aromatic heterocycles. The lowest BCUT2D eigenvalue weighted by Crippen LogP contribution is -2.36. The molecular weight excluding hydrogens is 318 g/mol. The van der Waals surface area contributed by atoms with Crippen molar-refractivity contribution in [3.05, 3.63) is 42.0 Å². The molecule has 24 heavy (non-hydrogen) atoms. The number of piperidine rings is 1. The molecule has 5 heteroatoms. The fraction of sp³-hybridized carbons (Fsp3) is 0.421. The molecule has 1 amide bonds. The first kappa shape index (κ1) is 17.0. The van der Waals surface area contributed by atoms with E-state index in [1.165, 1.54) is 23.7 Å². The van der Waals surface area contributed by atoms with Crippen LogP contribution in [0.5, 0.6) is 0 Å². The van der Waals surface area contributed by atoms with Crippen LogP contribution in [0.3, 0.4) is 0 Å². The first-order chi connectivity index (χ1) is 11.8. The highest BCUT2D eigenvalue weighted by molar-refractivity contribution is 7.99. The zero-order valence-electron chi connectivity index (χ0n) is 14.1. The minimum Gasteiger partial charge on any atom is -0.342 e. The van der Waals surface area contributed by atoms with Gasteiger partial charge < -0.3 is 4.90 Å². The average Bonchev–Trinajstić information content (AvgIpc) is 2.67. The van der Waals surface area contributed by atoms with E-state index in [1.807, 2.05) is 17.0 Å². The Kier molecular flexibility index (Phi) is 5.86. The maximum Gasteiger partial charge on any atom is 0.232 e. The van der Waals surface area contributed by atoms with Crippen LogP contribution < -0.4 is 0 Å². The molecule has 0 unspecified atom stereocenters. The van der Waals surface area contributed by atoms with Crippen LogP contribution in [-0.4, -0.2) is 39.8 Å². The number of thioether (sulfide) groups is 1. The van der Waals surface area contributed by atoms with Gasteiger partial charge in [-0.3, -0.25) is 4.79 Å². The highest BCUT2D eigenvalue weighted by Gasteiger charge is 2.16. The summed E-state index contributed by atoms with van der Waals surface area (Å²) in [6.45, 7) is 3.95. The number of nitrogens with zero attached hydrogens (tertiary/aromatic N) is 3. The van der Waals surface area contributed by atoms with Crippen molar-refractivity contribution in [2.24, 2.45) is 0 Å². The van der Waals surface area contributed by atoms with E-state index in [0.29, 0.717) is 5.75 Å². The smallest absolute Gasteiger partial charge is 0.232 e. The Morgan fingerprint density at radius 3 is 2.42 bits per heavy atom. The Labute approximate surface area is 147 Å². The van der Waals surface area contributed by atoms with E-state index in [9.17, 15) is 4.79 Å². The van der Waals surface area contributed by atoms with Crippen LogP contribution in [0.1, 0.15) is 31.7 Å². The van der Waals surface area contributed by atoms with E-state index >= 15 is 0 Å². The van der Waals surface area contributed by atoms with Gasteiger partial charge in [-0.2, -0.15) is 0 Å². The predicted molar refractivity (Wildman–Crippen MR) is 98.0 cm³/mol. The van der Waals surface area contributed by atoms with Crippen LogP contribution in [-0.2, 0) is 11.2 Å². The summed E-state index contributed by atoms with van der Waals surface area (Å²) in [5.41, 5.74) is 3.25. The molecule has 1 aromatic carbocycles. The van der Waals surface area contributed by atoms with Crippen LogP contribution in [0.2, 0.25) is 0 Å². The molecule has 0 radical (unpaired) electrons. The molecule has 2 aromatic rings. The molecule has 1 fully saturated rings. The number of likely N-dealkylation sites (tertiary alicyclic amines) is 1. The molecular formula is C19H23N3OS. The fourth-order valence-electron chi connectivity index (χ4n) is 2.83. The van der Waals surface area contributed by atoms with Crippen molar-refractivity contribution >= 4 is 17.7 Å². The second-order valence-electron chi connectivity index (χ2n) is 6.04. The van der Waals surface area contributed by atoms with Crippen molar-refractivity contribution in [1.82, 2.24) is 15.1 Å². The summed E-state index contributed by atoms with van der Waals surface area (Å²) in [7, 11) is 0. The van der Waals surface area contributed by atoms with Crippen LogP contribution in [0.4, 0.5) is 0 Å². The number of carbonyl (C=O) groups is 1. The maximum absolute atomic E-state index is 12.2. The third kappa shape index (κ3) is 4.35. The minimum absolute atomic E-state index is 0.209. The van der Waals surface area contributed by atoms with Gasteiger partial charge in [-0.25, -0.2) is 0 Å². The molecule has 126 valence electrons. The van der Waals surface area contributed by atoms with Crippen LogP contribution in [0, 0.1) is 0 Å². The van der Waals surface area contributed by atoms with Crippen LogP contribution in [0.15, 0.2) is 41.4 Å². The maximum atomic E-state index is 12.2. The molecule has 3 rings (SSSR count). The molecule has 4 nitrogen and oxygen atoms in total. The monoisotopic (exact) mass is 341 g/mol. The van der Waals surface area contributed by atoms with Crippen molar-refractivity contribution in [3.8, 4) is 11.3 Å². The molecule has 0 N–H and O–H groups in total. The molecule has 0 aliphatic carbocycles. The van der Waals surface area contributed by atoms with Gasteiger partial charge in [0.05, 0.1) is 11.4 Å².